The SMILES string of the molecule is CCOc1ccc(/C=C2\SC(=O)N(CC(=O)N3CCCCC3)C2=O)cc1Br. The predicted molar refractivity (Wildman–Crippen MR) is 108 cm³/mol. The number of hydrogen-bond acceptors (Lipinski definition) is 5. The molecule has 0 aliphatic carbocycles. The van der Waals surface area contributed by atoms with Crippen molar-refractivity contribution in [2.45, 2.75) is 26.2 Å². The lowest BCUT2D eigenvalue weighted by atomic mass is 10.1. The van der Waals surface area contributed by atoms with Crippen LogP contribution in [0.5, 0.6) is 5.75 Å². The standard InChI is InChI=1S/C19H21BrN2O4S/c1-2-26-15-7-6-13(10-14(15)20)11-16-18(24)22(19(25)27-16)12-17(23)21-8-4-3-5-9-21/h6-7,10-11H,2-5,8-9,12H2,1H3/b16-11-. The summed E-state index contributed by atoms with van der Waals surface area (Å²) in [6.07, 6.45) is 4.73. The molecule has 2 heterocycles. The second-order valence-electron chi connectivity index (χ2n) is 6.33. The number of benzene rings is 1. The van der Waals surface area contributed by atoms with Gasteiger partial charge in [0.2, 0.25) is 5.91 Å². The third kappa shape index (κ3) is 4.73. The Morgan fingerprint density at radius 1 is 1.26 bits per heavy atom. The molecular weight excluding hydrogens is 432 g/mol. The van der Waals surface area contributed by atoms with Gasteiger partial charge < -0.3 is 9.64 Å². The summed E-state index contributed by atoms with van der Waals surface area (Å²) in [7, 11) is 0. The molecule has 0 N–H and O–H groups in total. The lowest BCUT2D eigenvalue weighted by Gasteiger charge is -2.27. The van der Waals surface area contributed by atoms with Gasteiger partial charge in [0.25, 0.3) is 11.1 Å². The number of thioether (sulfide) groups is 1. The third-order valence-electron chi connectivity index (χ3n) is 4.43. The van der Waals surface area contributed by atoms with Gasteiger partial charge in [0.15, 0.2) is 0 Å². The van der Waals surface area contributed by atoms with Crippen molar-refractivity contribution in [1.82, 2.24) is 9.80 Å². The number of likely N-dealkylation sites (tertiary alicyclic amines) is 1. The van der Waals surface area contributed by atoms with E-state index in [-0.39, 0.29) is 12.5 Å². The zero-order chi connectivity index (χ0) is 19.4. The quantitative estimate of drug-likeness (QED) is 0.633. The number of ether oxygens (including phenoxy) is 1. The maximum atomic E-state index is 12.6. The molecule has 2 aliphatic heterocycles. The normalized spacial score (nSPS) is 19.1. The summed E-state index contributed by atoms with van der Waals surface area (Å²) in [5.74, 6) is 0.136. The molecule has 3 amide bonds. The van der Waals surface area contributed by atoms with Crippen LogP contribution in [0.25, 0.3) is 6.08 Å². The van der Waals surface area contributed by atoms with Gasteiger partial charge in [-0.25, -0.2) is 0 Å². The summed E-state index contributed by atoms with van der Waals surface area (Å²) in [6, 6.07) is 5.46. The van der Waals surface area contributed by atoms with Gasteiger partial charge in [0.05, 0.1) is 16.0 Å². The van der Waals surface area contributed by atoms with E-state index >= 15 is 0 Å². The van der Waals surface area contributed by atoms with Gasteiger partial charge in [-0.05, 0) is 77.7 Å². The van der Waals surface area contributed by atoms with E-state index in [1.165, 1.54) is 0 Å². The number of piperidine rings is 1. The molecule has 144 valence electrons. The fourth-order valence-corrected chi connectivity index (χ4v) is 4.39. The smallest absolute Gasteiger partial charge is 0.294 e. The summed E-state index contributed by atoms with van der Waals surface area (Å²) in [4.78, 5) is 40.3. The molecule has 2 aliphatic rings. The van der Waals surface area contributed by atoms with Crippen molar-refractivity contribution < 1.29 is 19.1 Å². The number of carbonyl (C=O) groups is 3. The number of rotatable bonds is 5. The van der Waals surface area contributed by atoms with Gasteiger partial charge in [0.1, 0.15) is 12.3 Å². The number of halogens is 1. The summed E-state index contributed by atoms with van der Waals surface area (Å²) < 4.78 is 6.25. The molecule has 8 heteroatoms. The van der Waals surface area contributed by atoms with E-state index in [1.807, 2.05) is 25.1 Å². The first-order chi connectivity index (χ1) is 13.0. The molecule has 0 bridgehead atoms. The van der Waals surface area contributed by atoms with Crippen molar-refractivity contribution in [3.05, 3.63) is 33.1 Å². The van der Waals surface area contributed by atoms with Gasteiger partial charge >= 0.3 is 0 Å². The topological polar surface area (TPSA) is 66.9 Å². The lowest BCUT2D eigenvalue weighted by Crippen LogP contribution is -2.44. The summed E-state index contributed by atoms with van der Waals surface area (Å²) in [6.45, 7) is 3.68. The van der Waals surface area contributed by atoms with Crippen molar-refractivity contribution in [1.29, 1.82) is 0 Å². The zero-order valence-electron chi connectivity index (χ0n) is 15.1. The van der Waals surface area contributed by atoms with Crippen LogP contribution in [0.4, 0.5) is 4.79 Å². The van der Waals surface area contributed by atoms with Gasteiger partial charge in [-0.2, -0.15) is 0 Å². The van der Waals surface area contributed by atoms with Gasteiger partial charge in [-0.1, -0.05) is 6.07 Å². The second kappa shape index (κ2) is 8.93. The van der Waals surface area contributed by atoms with E-state index in [2.05, 4.69) is 15.9 Å². The molecule has 0 saturated carbocycles. The summed E-state index contributed by atoms with van der Waals surface area (Å²) in [5.41, 5.74) is 0.776. The first kappa shape index (κ1) is 19.9. The van der Waals surface area contributed by atoms with E-state index in [9.17, 15) is 14.4 Å². The molecule has 0 aromatic heterocycles. The molecule has 1 aromatic carbocycles. The fraction of sp³-hybridized carbons (Fsp3) is 0.421. The largest absolute Gasteiger partial charge is 0.493 e. The molecule has 0 spiro atoms. The lowest BCUT2D eigenvalue weighted by molar-refractivity contribution is -0.136. The molecule has 2 fully saturated rings. The van der Waals surface area contributed by atoms with E-state index in [0.717, 1.165) is 51.7 Å². The van der Waals surface area contributed by atoms with Gasteiger partial charge in [-0.3, -0.25) is 19.3 Å². The summed E-state index contributed by atoms with van der Waals surface area (Å²) in [5, 5.41) is -0.401. The van der Waals surface area contributed by atoms with Crippen LogP contribution in [0.15, 0.2) is 27.6 Å². The van der Waals surface area contributed by atoms with Crippen molar-refractivity contribution in [2.75, 3.05) is 26.2 Å². The van der Waals surface area contributed by atoms with Crippen LogP contribution in [0, 0.1) is 0 Å². The Bertz CT molecular complexity index is 790. The van der Waals surface area contributed by atoms with Crippen LogP contribution >= 0.6 is 27.7 Å². The number of imide groups is 1. The van der Waals surface area contributed by atoms with Crippen LogP contribution in [-0.4, -0.2) is 53.1 Å². The Labute approximate surface area is 171 Å². The van der Waals surface area contributed by atoms with Crippen molar-refractivity contribution in [3.63, 3.8) is 0 Å². The maximum Gasteiger partial charge on any atom is 0.294 e. The Kier molecular flexibility index (Phi) is 6.59. The maximum absolute atomic E-state index is 12.6. The number of hydrogen-bond donors (Lipinski definition) is 0. The zero-order valence-corrected chi connectivity index (χ0v) is 17.5. The van der Waals surface area contributed by atoms with E-state index in [1.54, 1.807) is 11.0 Å². The highest BCUT2D eigenvalue weighted by Crippen LogP contribution is 2.34. The van der Waals surface area contributed by atoms with Crippen LogP contribution in [0.3, 0.4) is 0 Å². The average Bonchev–Trinajstić information content (AvgIpc) is 2.92. The van der Waals surface area contributed by atoms with E-state index in [4.69, 9.17) is 4.74 Å². The second-order valence-corrected chi connectivity index (χ2v) is 8.18. The summed E-state index contributed by atoms with van der Waals surface area (Å²) >= 11 is 4.31. The number of carbonyl (C=O) groups excluding carboxylic acids is 3. The molecule has 0 radical (unpaired) electrons. The monoisotopic (exact) mass is 452 g/mol. The fourth-order valence-electron chi connectivity index (χ4n) is 3.05. The van der Waals surface area contributed by atoms with Crippen molar-refractivity contribution in [2.24, 2.45) is 0 Å². The molecule has 27 heavy (non-hydrogen) atoms. The van der Waals surface area contributed by atoms with Gasteiger partial charge in [-0.15, -0.1) is 0 Å². The van der Waals surface area contributed by atoms with Crippen molar-refractivity contribution in [3.8, 4) is 5.75 Å². The van der Waals surface area contributed by atoms with Crippen LogP contribution in [0.1, 0.15) is 31.7 Å². The number of nitrogens with zero attached hydrogens (tertiary/aromatic N) is 2. The minimum Gasteiger partial charge on any atom is -0.493 e. The van der Waals surface area contributed by atoms with E-state index in [0.29, 0.717) is 24.6 Å². The first-order valence-corrected chi connectivity index (χ1v) is 10.6. The molecule has 3 rings (SSSR count). The highest BCUT2D eigenvalue weighted by atomic mass is 79.9. The minimum absolute atomic E-state index is 0.165. The average molecular weight is 453 g/mol. The highest BCUT2D eigenvalue weighted by Gasteiger charge is 2.37. The van der Waals surface area contributed by atoms with E-state index < -0.39 is 11.1 Å². The Morgan fingerprint density at radius 2 is 2.00 bits per heavy atom. The molecule has 0 atom stereocenters. The predicted octanol–water partition coefficient (Wildman–Crippen LogP) is 3.90. The molecule has 0 unspecified atom stereocenters. The first-order valence-electron chi connectivity index (χ1n) is 8.95. The Morgan fingerprint density at radius 3 is 2.67 bits per heavy atom. The molecule has 2 saturated heterocycles. The third-order valence-corrected chi connectivity index (χ3v) is 5.96. The minimum atomic E-state index is -0.416. The van der Waals surface area contributed by atoms with Crippen LogP contribution in [0.2, 0.25) is 0 Å². The van der Waals surface area contributed by atoms with Crippen molar-refractivity contribution >= 4 is 50.8 Å². The van der Waals surface area contributed by atoms with Crippen LogP contribution < -0.4 is 4.74 Å². The molecular formula is C19H21BrN2O4S. The van der Waals surface area contributed by atoms with Crippen LogP contribution in [-0.2, 0) is 9.59 Å². The Balaban J connectivity index is 1.70. The molecule has 1 aromatic rings. The highest BCUT2D eigenvalue weighted by molar-refractivity contribution is 9.10. The Hall–Kier alpha value is -1.80. The number of amides is 3. The van der Waals surface area contributed by atoms with Gasteiger partial charge in [0, 0.05) is 13.1 Å². The molecule has 6 nitrogen and oxygen atoms in total.